The molecule has 1 N–H and O–H groups in total. The van der Waals surface area contributed by atoms with E-state index in [1.807, 2.05) is 60.9 Å². The van der Waals surface area contributed by atoms with Crippen LogP contribution in [0.1, 0.15) is 30.1 Å². The Kier molecular flexibility index (Phi) is 6.14. The van der Waals surface area contributed by atoms with Gasteiger partial charge in [0.15, 0.2) is 11.6 Å². The third kappa shape index (κ3) is 4.70. The normalized spacial score (nSPS) is 14.7. The Morgan fingerprint density at radius 1 is 0.795 bits per heavy atom. The molecule has 192 valence electrons. The summed E-state index contributed by atoms with van der Waals surface area (Å²) in [5, 5.41) is 7.57. The summed E-state index contributed by atoms with van der Waals surface area (Å²) in [6.45, 7) is 2.99. The number of nitrogens with zero attached hydrogens (tertiary/aromatic N) is 7. The molecule has 0 spiro atoms. The fraction of sp³-hybridized carbons (Fsp3) is 0.194. The number of hydrogen-bond acceptors (Lipinski definition) is 6. The Balaban J connectivity index is 1.04. The topological polar surface area (TPSA) is 87.9 Å². The van der Waals surface area contributed by atoms with Gasteiger partial charge in [-0.05, 0) is 67.9 Å². The van der Waals surface area contributed by atoms with Crippen molar-refractivity contribution in [2.45, 2.75) is 25.3 Å². The molecule has 0 unspecified atom stereocenters. The zero-order valence-corrected chi connectivity index (χ0v) is 21.5. The van der Waals surface area contributed by atoms with Crippen LogP contribution >= 0.6 is 0 Å². The van der Waals surface area contributed by atoms with E-state index in [4.69, 9.17) is 9.97 Å². The maximum atomic E-state index is 4.98. The molecule has 0 atom stereocenters. The quantitative estimate of drug-likeness (QED) is 0.312. The summed E-state index contributed by atoms with van der Waals surface area (Å²) >= 11 is 0. The monoisotopic (exact) mass is 512 g/mol. The van der Waals surface area contributed by atoms with Crippen molar-refractivity contribution in [2.24, 2.45) is 0 Å². The number of likely N-dealkylation sites (tertiary alicyclic amines) is 1. The van der Waals surface area contributed by atoms with Crippen molar-refractivity contribution < 1.29 is 0 Å². The van der Waals surface area contributed by atoms with Gasteiger partial charge in [0.1, 0.15) is 11.3 Å². The van der Waals surface area contributed by atoms with Crippen LogP contribution < -0.4 is 0 Å². The summed E-state index contributed by atoms with van der Waals surface area (Å²) in [4.78, 5) is 20.8. The average Bonchev–Trinajstić information content (AvgIpc) is 3.65. The molecule has 0 bridgehead atoms. The SMILES string of the molecule is c1ccc(-c2nc(C3CCN(Cc4ccc(-c5nc6ccccn6c5-c5ccncc5)cc4)CC3)n[nH]2)nc1. The third-order valence-corrected chi connectivity index (χ3v) is 7.48. The lowest BCUT2D eigenvalue weighted by atomic mass is 9.95. The second-order valence-electron chi connectivity index (χ2n) is 9.98. The molecule has 8 nitrogen and oxygen atoms in total. The van der Waals surface area contributed by atoms with Gasteiger partial charge in [-0.1, -0.05) is 36.4 Å². The third-order valence-electron chi connectivity index (χ3n) is 7.48. The number of hydrogen-bond donors (Lipinski definition) is 1. The molecule has 7 rings (SSSR count). The predicted molar refractivity (Wildman–Crippen MR) is 151 cm³/mol. The van der Waals surface area contributed by atoms with Gasteiger partial charge >= 0.3 is 0 Å². The highest BCUT2D eigenvalue weighted by atomic mass is 15.2. The maximum Gasteiger partial charge on any atom is 0.174 e. The van der Waals surface area contributed by atoms with Gasteiger partial charge in [0, 0.05) is 48.4 Å². The smallest absolute Gasteiger partial charge is 0.174 e. The zero-order valence-electron chi connectivity index (χ0n) is 21.5. The Hall–Kier alpha value is -4.69. The fourth-order valence-electron chi connectivity index (χ4n) is 5.43. The van der Waals surface area contributed by atoms with Crippen LogP contribution in [0.15, 0.2) is 97.6 Å². The van der Waals surface area contributed by atoms with E-state index >= 15 is 0 Å². The molecule has 1 aliphatic rings. The van der Waals surface area contributed by atoms with Crippen LogP contribution in [0.2, 0.25) is 0 Å². The van der Waals surface area contributed by atoms with Gasteiger partial charge in [-0.2, -0.15) is 5.10 Å². The number of imidazole rings is 1. The Morgan fingerprint density at radius 3 is 2.41 bits per heavy atom. The molecule has 1 aromatic carbocycles. The summed E-state index contributed by atoms with van der Waals surface area (Å²) in [5.74, 6) is 2.02. The summed E-state index contributed by atoms with van der Waals surface area (Å²) in [7, 11) is 0. The predicted octanol–water partition coefficient (Wildman–Crippen LogP) is 5.62. The zero-order chi connectivity index (χ0) is 26.0. The average molecular weight is 513 g/mol. The number of aromatic amines is 1. The molecule has 8 heteroatoms. The molecule has 1 saturated heterocycles. The van der Waals surface area contributed by atoms with Crippen molar-refractivity contribution >= 4 is 5.65 Å². The highest BCUT2D eigenvalue weighted by Gasteiger charge is 2.24. The summed E-state index contributed by atoms with van der Waals surface area (Å²) in [6, 6.07) is 24.9. The first-order chi connectivity index (χ1) is 19.3. The van der Waals surface area contributed by atoms with Gasteiger partial charge in [0.2, 0.25) is 0 Å². The van der Waals surface area contributed by atoms with Gasteiger partial charge in [-0.25, -0.2) is 9.97 Å². The molecular formula is C31H28N8. The number of H-pyrrole nitrogens is 1. The second kappa shape index (κ2) is 10.2. The molecular weight excluding hydrogens is 484 g/mol. The maximum absolute atomic E-state index is 4.98. The molecule has 1 aliphatic heterocycles. The van der Waals surface area contributed by atoms with Crippen LogP contribution in [-0.4, -0.2) is 52.5 Å². The first-order valence-electron chi connectivity index (χ1n) is 13.3. The van der Waals surface area contributed by atoms with Crippen LogP contribution in [0.4, 0.5) is 0 Å². The highest BCUT2D eigenvalue weighted by molar-refractivity contribution is 5.81. The molecule has 39 heavy (non-hydrogen) atoms. The van der Waals surface area contributed by atoms with E-state index < -0.39 is 0 Å². The van der Waals surface area contributed by atoms with E-state index in [2.05, 4.69) is 59.9 Å². The Morgan fingerprint density at radius 2 is 1.62 bits per heavy atom. The van der Waals surface area contributed by atoms with Crippen molar-refractivity contribution in [3.05, 3.63) is 109 Å². The standard InChI is InChI=1S/C31H28N8/c1-3-15-33-26(5-1)31-35-30(36-37-31)25-13-19-38(20-14-25)21-22-7-9-23(10-8-22)28-29(24-11-16-32-17-12-24)39-18-4-2-6-27(39)34-28/h1-12,15-18,25H,13-14,19-21H2,(H,35,36,37). The Labute approximate surface area is 226 Å². The first-order valence-corrected chi connectivity index (χ1v) is 13.3. The molecule has 5 aromatic heterocycles. The fourth-order valence-corrected chi connectivity index (χ4v) is 5.43. The van der Waals surface area contributed by atoms with Gasteiger partial charge in [-0.15, -0.1) is 0 Å². The van der Waals surface area contributed by atoms with Crippen LogP contribution in [0, 0.1) is 0 Å². The van der Waals surface area contributed by atoms with Crippen molar-refractivity contribution in [3.8, 4) is 34.0 Å². The van der Waals surface area contributed by atoms with E-state index in [0.717, 1.165) is 78.0 Å². The van der Waals surface area contributed by atoms with Crippen LogP contribution in [-0.2, 0) is 6.54 Å². The Bertz CT molecular complexity index is 1680. The van der Waals surface area contributed by atoms with Crippen molar-refractivity contribution in [1.82, 2.24) is 39.4 Å². The van der Waals surface area contributed by atoms with Crippen molar-refractivity contribution in [3.63, 3.8) is 0 Å². The molecule has 6 aromatic rings. The van der Waals surface area contributed by atoms with E-state index in [1.54, 1.807) is 6.20 Å². The summed E-state index contributed by atoms with van der Waals surface area (Å²) in [6.07, 6.45) is 9.60. The van der Waals surface area contributed by atoms with E-state index in [0.29, 0.717) is 5.92 Å². The molecule has 6 heterocycles. The van der Waals surface area contributed by atoms with Crippen molar-refractivity contribution in [2.75, 3.05) is 13.1 Å². The van der Waals surface area contributed by atoms with Crippen LogP contribution in [0.25, 0.3) is 39.7 Å². The van der Waals surface area contributed by atoms with Gasteiger partial charge in [0.25, 0.3) is 0 Å². The van der Waals surface area contributed by atoms with Crippen LogP contribution in [0.5, 0.6) is 0 Å². The van der Waals surface area contributed by atoms with Crippen molar-refractivity contribution in [1.29, 1.82) is 0 Å². The van der Waals surface area contributed by atoms with E-state index in [1.165, 1.54) is 5.56 Å². The number of pyridine rings is 3. The number of fused-ring (bicyclic) bond motifs is 1. The molecule has 1 fully saturated rings. The number of aromatic nitrogens is 7. The molecule has 0 radical (unpaired) electrons. The van der Waals surface area contributed by atoms with E-state index in [-0.39, 0.29) is 0 Å². The van der Waals surface area contributed by atoms with E-state index in [9.17, 15) is 0 Å². The molecule has 0 saturated carbocycles. The number of rotatable bonds is 6. The molecule has 0 amide bonds. The minimum absolute atomic E-state index is 0.374. The van der Waals surface area contributed by atoms with Gasteiger partial charge < -0.3 is 0 Å². The lowest BCUT2D eigenvalue weighted by molar-refractivity contribution is 0.202. The molecule has 0 aliphatic carbocycles. The minimum atomic E-state index is 0.374. The number of nitrogens with one attached hydrogen (secondary N) is 1. The lowest BCUT2D eigenvalue weighted by Gasteiger charge is -2.30. The largest absolute Gasteiger partial charge is 0.299 e. The minimum Gasteiger partial charge on any atom is -0.299 e. The van der Waals surface area contributed by atoms with Gasteiger partial charge in [-0.3, -0.25) is 24.4 Å². The summed E-state index contributed by atoms with van der Waals surface area (Å²) in [5.41, 5.74) is 7.35. The number of benzene rings is 1. The van der Waals surface area contributed by atoms with Gasteiger partial charge in [0.05, 0.1) is 11.4 Å². The lowest BCUT2D eigenvalue weighted by Crippen LogP contribution is -2.32. The number of piperidine rings is 1. The second-order valence-corrected chi connectivity index (χ2v) is 9.98. The van der Waals surface area contributed by atoms with Crippen LogP contribution in [0.3, 0.4) is 0 Å². The highest BCUT2D eigenvalue weighted by Crippen LogP contribution is 2.33. The summed E-state index contributed by atoms with van der Waals surface area (Å²) < 4.78 is 2.15. The first kappa shape index (κ1) is 23.4.